The topological polar surface area (TPSA) is 66.8 Å². The van der Waals surface area contributed by atoms with E-state index in [9.17, 15) is 4.79 Å². The highest BCUT2D eigenvalue weighted by Crippen LogP contribution is 2.22. The molecule has 0 radical (unpaired) electrons. The van der Waals surface area contributed by atoms with Gasteiger partial charge in [-0.15, -0.1) is 0 Å². The molecule has 25 heavy (non-hydrogen) atoms. The summed E-state index contributed by atoms with van der Waals surface area (Å²) >= 11 is 0. The van der Waals surface area contributed by atoms with Crippen molar-refractivity contribution in [3.8, 4) is 0 Å². The molecule has 0 saturated heterocycles. The quantitative estimate of drug-likeness (QED) is 0.926. The Bertz CT molecular complexity index is 812. The van der Waals surface area contributed by atoms with Crippen molar-refractivity contribution in [2.24, 2.45) is 0 Å². The van der Waals surface area contributed by atoms with Crippen LogP contribution in [0.25, 0.3) is 0 Å². The number of rotatable bonds is 4. The molecule has 3 rings (SSSR count). The van der Waals surface area contributed by atoms with Crippen molar-refractivity contribution in [1.82, 2.24) is 24.6 Å². The minimum absolute atomic E-state index is 0.0121. The lowest BCUT2D eigenvalue weighted by Crippen LogP contribution is -2.37. The first kappa shape index (κ1) is 17.9. The number of aromatic nitrogens is 4. The van der Waals surface area contributed by atoms with Crippen molar-refractivity contribution < 1.29 is 0 Å². The van der Waals surface area contributed by atoms with Gasteiger partial charge in [-0.25, -0.2) is 4.98 Å². The van der Waals surface area contributed by atoms with Gasteiger partial charge in [0.2, 0.25) is 0 Å². The highest BCUT2D eigenvalue weighted by molar-refractivity contribution is 5.23. The van der Waals surface area contributed by atoms with Crippen molar-refractivity contribution >= 4 is 0 Å². The van der Waals surface area contributed by atoms with Crippen LogP contribution in [0.15, 0.2) is 11.0 Å². The third kappa shape index (κ3) is 3.68. The fraction of sp³-hybridized carbons (Fsp3) is 0.632. The van der Waals surface area contributed by atoms with E-state index >= 15 is 0 Å². The lowest BCUT2D eigenvalue weighted by atomic mass is 9.95. The molecule has 6 heteroatoms. The zero-order valence-corrected chi connectivity index (χ0v) is 16.0. The van der Waals surface area contributed by atoms with E-state index in [0.717, 1.165) is 49.6 Å². The van der Waals surface area contributed by atoms with Crippen LogP contribution in [-0.2, 0) is 31.5 Å². The Balaban J connectivity index is 1.79. The molecule has 0 fully saturated rings. The zero-order chi connectivity index (χ0) is 18.2. The molecule has 1 aliphatic heterocycles. The van der Waals surface area contributed by atoms with Gasteiger partial charge in [0.1, 0.15) is 5.82 Å². The van der Waals surface area contributed by atoms with Crippen molar-refractivity contribution in [3.05, 3.63) is 44.9 Å². The number of aromatic amines is 1. The predicted molar refractivity (Wildman–Crippen MR) is 98.6 cm³/mol. The largest absolute Gasteiger partial charge is 0.310 e. The standard InChI is InChI=1S/C19H29N5O/c1-6-8-24-13(2)14(10-20-24)11-23-9-7-16-15(12-23)17(25)22-18(21-16)19(3,4)5/h10H,6-9,11-12H2,1-5H3,(H,21,22,25). The molecule has 0 atom stereocenters. The fourth-order valence-electron chi connectivity index (χ4n) is 3.29. The molecular weight excluding hydrogens is 314 g/mol. The summed E-state index contributed by atoms with van der Waals surface area (Å²) in [7, 11) is 0. The Labute approximate surface area is 149 Å². The lowest BCUT2D eigenvalue weighted by molar-refractivity contribution is 0.240. The van der Waals surface area contributed by atoms with Crippen LogP contribution in [0.3, 0.4) is 0 Å². The van der Waals surface area contributed by atoms with Crippen LogP contribution in [0.1, 0.15) is 62.5 Å². The maximum Gasteiger partial charge on any atom is 0.255 e. The number of aryl methyl sites for hydroxylation is 1. The average molecular weight is 343 g/mol. The van der Waals surface area contributed by atoms with Gasteiger partial charge in [-0.3, -0.25) is 14.4 Å². The number of nitrogens with one attached hydrogen (secondary N) is 1. The summed E-state index contributed by atoms with van der Waals surface area (Å²) in [5, 5.41) is 4.48. The Morgan fingerprint density at radius 1 is 1.32 bits per heavy atom. The molecule has 6 nitrogen and oxygen atoms in total. The number of hydrogen-bond donors (Lipinski definition) is 1. The number of nitrogens with zero attached hydrogens (tertiary/aromatic N) is 4. The van der Waals surface area contributed by atoms with Crippen molar-refractivity contribution in [1.29, 1.82) is 0 Å². The van der Waals surface area contributed by atoms with E-state index < -0.39 is 0 Å². The van der Waals surface area contributed by atoms with E-state index in [-0.39, 0.29) is 11.0 Å². The second kappa shape index (κ2) is 6.75. The van der Waals surface area contributed by atoms with Gasteiger partial charge in [0.05, 0.1) is 17.5 Å². The molecule has 0 amide bonds. The van der Waals surface area contributed by atoms with Crippen molar-refractivity contribution in [2.75, 3.05) is 6.54 Å². The van der Waals surface area contributed by atoms with Crippen LogP contribution in [0.5, 0.6) is 0 Å². The smallest absolute Gasteiger partial charge is 0.255 e. The SMILES string of the molecule is CCCn1ncc(CN2CCc3nc(C(C)(C)C)[nH]c(=O)c3C2)c1C. The van der Waals surface area contributed by atoms with E-state index in [0.29, 0.717) is 6.54 Å². The summed E-state index contributed by atoms with van der Waals surface area (Å²) in [5.41, 5.74) is 4.12. The molecule has 2 aromatic rings. The maximum atomic E-state index is 12.5. The molecule has 1 N–H and O–H groups in total. The van der Waals surface area contributed by atoms with Gasteiger partial charge in [-0.1, -0.05) is 27.7 Å². The predicted octanol–water partition coefficient (Wildman–Crippen LogP) is 2.54. The lowest BCUT2D eigenvalue weighted by Gasteiger charge is -2.28. The molecule has 0 spiro atoms. The molecule has 0 bridgehead atoms. The number of fused-ring (bicyclic) bond motifs is 1. The molecule has 2 aromatic heterocycles. The Morgan fingerprint density at radius 3 is 2.76 bits per heavy atom. The highest BCUT2D eigenvalue weighted by atomic mass is 16.1. The first-order valence-electron chi connectivity index (χ1n) is 9.15. The normalized spacial score (nSPS) is 15.4. The molecule has 0 unspecified atom stereocenters. The van der Waals surface area contributed by atoms with Gasteiger partial charge in [-0.2, -0.15) is 5.10 Å². The first-order valence-corrected chi connectivity index (χ1v) is 9.15. The van der Waals surface area contributed by atoms with Gasteiger partial charge in [0, 0.05) is 49.3 Å². The van der Waals surface area contributed by atoms with Crippen LogP contribution in [-0.4, -0.2) is 31.2 Å². The summed E-state index contributed by atoms with van der Waals surface area (Å²) in [6.07, 6.45) is 3.87. The monoisotopic (exact) mass is 343 g/mol. The molecular formula is C19H29N5O. The summed E-state index contributed by atoms with van der Waals surface area (Å²) in [6.45, 7) is 13.9. The average Bonchev–Trinajstić information content (AvgIpc) is 2.88. The first-order chi connectivity index (χ1) is 11.8. The fourth-order valence-corrected chi connectivity index (χ4v) is 3.29. The van der Waals surface area contributed by atoms with E-state index in [1.807, 2.05) is 6.20 Å². The van der Waals surface area contributed by atoms with Gasteiger partial charge in [0.15, 0.2) is 0 Å². The minimum Gasteiger partial charge on any atom is -0.310 e. The summed E-state index contributed by atoms with van der Waals surface area (Å²) in [6, 6.07) is 0. The van der Waals surface area contributed by atoms with E-state index in [1.165, 1.54) is 11.3 Å². The Kier molecular flexibility index (Phi) is 4.82. The second-order valence-corrected chi connectivity index (χ2v) is 8.03. The number of H-pyrrole nitrogens is 1. The molecule has 0 aromatic carbocycles. The van der Waals surface area contributed by atoms with Crippen LogP contribution in [0.4, 0.5) is 0 Å². The second-order valence-electron chi connectivity index (χ2n) is 8.03. The van der Waals surface area contributed by atoms with Gasteiger partial charge < -0.3 is 4.98 Å². The van der Waals surface area contributed by atoms with Crippen molar-refractivity contribution in [2.45, 2.75) is 72.5 Å². The summed E-state index contributed by atoms with van der Waals surface area (Å²) < 4.78 is 2.07. The van der Waals surface area contributed by atoms with Gasteiger partial charge in [0.25, 0.3) is 5.56 Å². The Morgan fingerprint density at radius 2 is 2.08 bits per heavy atom. The van der Waals surface area contributed by atoms with Gasteiger partial charge in [-0.05, 0) is 13.3 Å². The van der Waals surface area contributed by atoms with E-state index in [4.69, 9.17) is 4.98 Å². The molecule has 0 saturated carbocycles. The third-order valence-electron chi connectivity index (χ3n) is 4.89. The van der Waals surface area contributed by atoms with Crippen LogP contribution in [0.2, 0.25) is 0 Å². The maximum absolute atomic E-state index is 12.5. The molecule has 136 valence electrons. The molecule has 0 aliphatic carbocycles. The summed E-state index contributed by atoms with van der Waals surface area (Å²) in [4.78, 5) is 22.6. The minimum atomic E-state index is -0.143. The highest BCUT2D eigenvalue weighted by Gasteiger charge is 2.25. The Hall–Kier alpha value is -1.95. The zero-order valence-electron chi connectivity index (χ0n) is 16.0. The van der Waals surface area contributed by atoms with Crippen molar-refractivity contribution in [3.63, 3.8) is 0 Å². The van der Waals surface area contributed by atoms with E-state index in [2.05, 4.69) is 54.3 Å². The van der Waals surface area contributed by atoms with Crippen LogP contribution < -0.4 is 5.56 Å². The molecule has 1 aliphatic rings. The third-order valence-corrected chi connectivity index (χ3v) is 4.89. The van der Waals surface area contributed by atoms with Crippen LogP contribution in [0, 0.1) is 6.92 Å². The number of hydrogen-bond acceptors (Lipinski definition) is 4. The molecule has 3 heterocycles. The van der Waals surface area contributed by atoms with Gasteiger partial charge >= 0.3 is 0 Å². The van der Waals surface area contributed by atoms with E-state index in [1.54, 1.807) is 0 Å². The summed E-state index contributed by atoms with van der Waals surface area (Å²) in [5.74, 6) is 0.779. The van der Waals surface area contributed by atoms with Crippen LogP contribution >= 0.6 is 0 Å².